The zero-order valence-electron chi connectivity index (χ0n) is 12.9. The summed E-state index contributed by atoms with van der Waals surface area (Å²) in [7, 11) is -9.34. The van der Waals surface area contributed by atoms with Gasteiger partial charge in [-0.2, -0.15) is 0 Å². The first-order chi connectivity index (χ1) is 11.8. The van der Waals surface area contributed by atoms with Gasteiger partial charge in [-0.15, -0.1) is 0 Å². The van der Waals surface area contributed by atoms with Gasteiger partial charge < -0.3 is 42.8 Å². The molecule has 0 saturated heterocycles. The molecule has 0 bridgehead atoms. The Bertz CT molecular complexity index is 1100. The van der Waals surface area contributed by atoms with Gasteiger partial charge in [0.05, 0.1) is 4.43 Å². The maximum Gasteiger partial charge on any atom is 0.306 e. The van der Waals surface area contributed by atoms with Crippen molar-refractivity contribution in [3.8, 4) is 11.5 Å². The molecule has 0 atom stereocenters. The topological polar surface area (TPSA) is 192 Å². The molecule has 1 heterocycles. The number of hydrogen-bond donors (Lipinski definition) is 1. The van der Waals surface area contributed by atoms with E-state index in [9.17, 15) is 24.4 Å². The fourth-order valence-electron chi connectivity index (χ4n) is 1.93. The minimum atomic E-state index is -5.20. The largest absolute Gasteiger partial charge is 0.811 e. The van der Waals surface area contributed by atoms with Gasteiger partial charge in [-0.1, -0.05) is 7.60 Å². The maximum atomic E-state index is 12.2. The summed E-state index contributed by atoms with van der Waals surface area (Å²) in [6.07, 6.45) is 0. The molecule has 1 N–H and O–H groups in total. The average Bonchev–Trinajstić information content (AvgIpc) is 2.43. The molecular formula is C13H10NO10P2-3. The van der Waals surface area contributed by atoms with Crippen LogP contribution >= 0.6 is 15.4 Å². The second-order valence-electron chi connectivity index (χ2n) is 4.99. The van der Waals surface area contributed by atoms with E-state index in [1.54, 1.807) is 0 Å². The van der Waals surface area contributed by atoms with E-state index in [2.05, 4.69) is 4.52 Å². The molecule has 0 aliphatic heterocycles. The Morgan fingerprint density at radius 2 is 1.50 bits per heavy atom. The van der Waals surface area contributed by atoms with Crippen LogP contribution in [0.15, 0.2) is 40.8 Å². The van der Waals surface area contributed by atoms with Gasteiger partial charge in [0.25, 0.3) is 0 Å². The highest BCUT2D eigenvalue weighted by atomic mass is 31.2. The molecule has 11 nitrogen and oxygen atoms in total. The fourth-order valence-corrected chi connectivity index (χ4v) is 2.30. The zero-order chi connectivity index (χ0) is 19.7. The van der Waals surface area contributed by atoms with Crippen molar-refractivity contribution < 1.29 is 47.2 Å². The van der Waals surface area contributed by atoms with E-state index in [1.165, 1.54) is 30.3 Å². The second-order valence-corrected chi connectivity index (χ2v) is 7.61. The lowest BCUT2D eigenvalue weighted by Gasteiger charge is -2.28. The third kappa shape index (κ3) is 5.63. The van der Waals surface area contributed by atoms with Crippen LogP contribution in [0.25, 0.3) is 22.2 Å². The first kappa shape index (κ1) is 20.1. The monoisotopic (exact) mass is 402 g/mol. The fraction of sp³-hybridized carbons (Fsp3) is 0.0769. The van der Waals surface area contributed by atoms with Crippen molar-refractivity contribution in [2.75, 3.05) is 6.66 Å². The highest BCUT2D eigenvalue weighted by Gasteiger charge is 2.17. The lowest BCUT2D eigenvalue weighted by atomic mass is 10.2. The summed E-state index contributed by atoms with van der Waals surface area (Å²) in [5, 5.41) is 9.39. The number of aromatic hydroxyl groups is 1. The van der Waals surface area contributed by atoms with Crippen LogP contribution < -0.4 is 28.5 Å². The van der Waals surface area contributed by atoms with Gasteiger partial charge in [0.1, 0.15) is 19.3 Å². The van der Waals surface area contributed by atoms with E-state index in [4.69, 9.17) is 18.8 Å². The molecule has 3 rings (SSSR count). The van der Waals surface area contributed by atoms with E-state index in [-0.39, 0.29) is 33.7 Å². The summed E-state index contributed by atoms with van der Waals surface area (Å²) in [6.45, 7) is 0.632. The van der Waals surface area contributed by atoms with E-state index < -0.39 is 15.4 Å². The average molecular weight is 402 g/mol. The Balaban J connectivity index is 0.000000431. The number of phenols is 1. The van der Waals surface area contributed by atoms with Crippen molar-refractivity contribution in [1.82, 2.24) is 0 Å². The van der Waals surface area contributed by atoms with Gasteiger partial charge in [-0.25, -0.2) is 0 Å². The van der Waals surface area contributed by atoms with Crippen LogP contribution in [-0.2, 0) is 9.13 Å². The van der Waals surface area contributed by atoms with Crippen molar-refractivity contribution >= 4 is 37.6 Å². The Hall–Kier alpha value is -2.26. The van der Waals surface area contributed by atoms with E-state index >= 15 is 0 Å². The summed E-state index contributed by atoms with van der Waals surface area (Å²) >= 11 is 0. The molecule has 140 valence electrons. The van der Waals surface area contributed by atoms with Crippen molar-refractivity contribution in [3.63, 3.8) is 0 Å². The molecular weight excluding hydrogens is 392 g/mol. The number of nitrogens with zero attached hydrogens (tertiary/aromatic N) is 1. The number of benzene rings is 2. The van der Waals surface area contributed by atoms with Gasteiger partial charge in [0.2, 0.25) is 11.2 Å². The minimum Gasteiger partial charge on any atom is -0.811 e. The Labute approximate surface area is 145 Å². The van der Waals surface area contributed by atoms with E-state index in [1.807, 2.05) is 0 Å². The lowest BCUT2D eigenvalue weighted by molar-refractivity contribution is -0.433. The quantitative estimate of drug-likeness (QED) is 0.314. The third-order valence-electron chi connectivity index (χ3n) is 2.75. The Morgan fingerprint density at radius 3 is 2.04 bits per heavy atom. The molecule has 13 heteroatoms. The highest BCUT2D eigenvalue weighted by molar-refractivity contribution is 7.47. The Morgan fingerprint density at radius 1 is 1.00 bits per heavy atom. The molecule has 0 spiro atoms. The molecule has 0 amide bonds. The van der Waals surface area contributed by atoms with Crippen LogP contribution in [0.4, 0.5) is 0 Å². The van der Waals surface area contributed by atoms with Crippen LogP contribution in [0.3, 0.4) is 0 Å². The summed E-state index contributed by atoms with van der Waals surface area (Å²) in [5.74, 6) is -0.360. The number of phosphoric ester groups is 1. The van der Waals surface area contributed by atoms with Gasteiger partial charge in [-0.3, -0.25) is 0 Å². The molecule has 3 aromatic rings. The molecule has 2 aromatic carbocycles. The van der Waals surface area contributed by atoms with Crippen LogP contribution in [0.5, 0.6) is 11.5 Å². The number of aromatic nitrogens is 1. The summed E-state index contributed by atoms with van der Waals surface area (Å²) in [4.78, 5) is 51.5. The van der Waals surface area contributed by atoms with Gasteiger partial charge >= 0.3 is 11.0 Å². The number of phosphoric acid groups is 1. The summed E-state index contributed by atoms with van der Waals surface area (Å²) in [5.41, 5.74) is 0.413. The van der Waals surface area contributed by atoms with Crippen LogP contribution in [0.1, 0.15) is 0 Å². The number of rotatable bonds is 2. The molecule has 0 aliphatic carbocycles. The molecule has 0 radical (unpaired) electrons. The predicted molar refractivity (Wildman–Crippen MR) is 80.5 cm³/mol. The van der Waals surface area contributed by atoms with Crippen LogP contribution in [-0.4, -0.2) is 11.8 Å². The van der Waals surface area contributed by atoms with E-state index in [0.29, 0.717) is 11.1 Å². The van der Waals surface area contributed by atoms with Gasteiger partial charge in [0.15, 0.2) is 0 Å². The first-order valence-corrected chi connectivity index (χ1v) is 10.1. The number of fused-ring (bicyclic) bond motifs is 2. The van der Waals surface area contributed by atoms with Gasteiger partial charge in [0, 0.05) is 29.2 Å². The number of hydrogen-bond acceptors (Lipinski definition) is 10. The van der Waals surface area contributed by atoms with Crippen molar-refractivity contribution in [2.45, 2.75) is 0 Å². The van der Waals surface area contributed by atoms with Gasteiger partial charge in [-0.05, 0) is 18.8 Å². The van der Waals surface area contributed by atoms with Crippen LogP contribution in [0, 0.1) is 4.91 Å². The van der Waals surface area contributed by atoms with Crippen LogP contribution in [0.2, 0.25) is 0 Å². The van der Waals surface area contributed by atoms with Crippen molar-refractivity contribution in [3.05, 3.63) is 41.3 Å². The lowest BCUT2D eigenvalue weighted by Crippen LogP contribution is -2.19. The second kappa shape index (κ2) is 7.16. The summed E-state index contributed by atoms with van der Waals surface area (Å²) < 4.78 is 29.9. The normalized spacial score (nSPS) is 11.9. The predicted octanol–water partition coefficient (Wildman–Crippen LogP) is -1.06. The molecule has 0 saturated carbocycles. The Kier molecular flexibility index (Phi) is 5.52. The minimum absolute atomic E-state index is 0.00838. The SMILES string of the molecule is CP(=O)([O-])[O-].O=[n+]1c2ccc(O)cc2oc2cc(OP(=O)([O-])[O-])ccc21. The highest BCUT2D eigenvalue weighted by Crippen LogP contribution is 2.31. The molecule has 0 fully saturated rings. The maximum absolute atomic E-state index is 12.2. The standard InChI is InChI=1S/C12H8NO7P.CH5O3P/c14-7-1-3-9-11(5-7)19-12-6-8(20-21(16,17)18)2-4-10(12)13(9)15;1-5(2,3)4/h1-6H,(H2-,14,15,16,17,18);1H3,(H2,2,3,4)/p-3. The zero-order valence-corrected chi connectivity index (χ0v) is 14.7. The van der Waals surface area contributed by atoms with Crippen molar-refractivity contribution in [2.24, 2.45) is 0 Å². The molecule has 26 heavy (non-hydrogen) atoms. The molecule has 0 aliphatic rings. The first-order valence-electron chi connectivity index (χ1n) is 6.67. The molecule has 1 aromatic heterocycles. The molecule has 0 unspecified atom stereocenters. The smallest absolute Gasteiger partial charge is 0.306 e. The van der Waals surface area contributed by atoms with E-state index in [0.717, 1.165) is 6.07 Å². The van der Waals surface area contributed by atoms with Crippen molar-refractivity contribution in [1.29, 1.82) is 0 Å². The number of phenolic OH excluding ortho intramolecular Hbond substituents is 1. The third-order valence-corrected chi connectivity index (χ3v) is 3.18. The summed E-state index contributed by atoms with van der Waals surface area (Å²) in [6, 6.07) is 7.50.